The van der Waals surface area contributed by atoms with Gasteiger partial charge in [-0.05, 0) is 48.2 Å². The molecule has 0 radical (unpaired) electrons. The van der Waals surface area contributed by atoms with Gasteiger partial charge in [-0.1, -0.05) is 55.4 Å². The van der Waals surface area contributed by atoms with Crippen LogP contribution in [-0.4, -0.2) is 94.8 Å². The van der Waals surface area contributed by atoms with Crippen molar-refractivity contribution in [1.82, 2.24) is 40.4 Å². The summed E-state index contributed by atoms with van der Waals surface area (Å²) < 4.78 is 5.81. The maximum absolute atomic E-state index is 13.8. The lowest BCUT2D eigenvalue weighted by molar-refractivity contribution is -0.139. The number of phenolic OH excluding ortho intramolecular Hbond substituents is 1. The van der Waals surface area contributed by atoms with E-state index >= 15 is 0 Å². The molecule has 6 aromatic rings. The van der Waals surface area contributed by atoms with E-state index in [1.54, 1.807) is 52.6 Å². The highest BCUT2D eigenvalue weighted by Crippen LogP contribution is 2.35. The number of aromatic nitrogens is 5. The fourth-order valence-electron chi connectivity index (χ4n) is 7.51. The summed E-state index contributed by atoms with van der Waals surface area (Å²) in [5.74, 6) is -0.373. The molecule has 2 saturated heterocycles. The second kappa shape index (κ2) is 15.3. The normalized spacial score (nSPS) is 17.7. The van der Waals surface area contributed by atoms with Gasteiger partial charge < -0.3 is 34.8 Å². The predicted molar refractivity (Wildman–Crippen MR) is 209 cm³/mol. The highest BCUT2D eigenvalue weighted by molar-refractivity contribution is 7.13. The lowest BCUT2D eigenvalue weighted by atomic mass is 9.88. The van der Waals surface area contributed by atoms with Gasteiger partial charge in [0.25, 0.3) is 5.91 Å². The molecular formula is C41H42N8O6S. The number of para-hydroxylation sites is 1. The number of aromatic amines is 1. The lowest BCUT2D eigenvalue weighted by Crippen LogP contribution is -2.48. The third kappa shape index (κ3) is 7.39. The van der Waals surface area contributed by atoms with E-state index in [9.17, 15) is 24.6 Å². The molecule has 3 atom stereocenters. The summed E-state index contributed by atoms with van der Waals surface area (Å²) in [5.41, 5.74) is 7.41. The highest BCUT2D eigenvalue weighted by Gasteiger charge is 2.41. The van der Waals surface area contributed by atoms with Crippen molar-refractivity contribution < 1.29 is 29.1 Å². The number of nitrogens with one attached hydrogen (secondary N) is 2. The summed E-state index contributed by atoms with van der Waals surface area (Å²) in [7, 11) is 0. The highest BCUT2D eigenvalue weighted by atomic mass is 32.1. The Morgan fingerprint density at radius 2 is 1.82 bits per heavy atom. The largest absolute Gasteiger partial charge is 0.507 e. The smallest absolute Gasteiger partial charge is 0.270 e. The molecule has 0 bridgehead atoms. The van der Waals surface area contributed by atoms with Gasteiger partial charge in [0.2, 0.25) is 11.8 Å². The molecule has 0 spiro atoms. The van der Waals surface area contributed by atoms with Crippen LogP contribution >= 0.6 is 11.3 Å². The van der Waals surface area contributed by atoms with E-state index in [-0.39, 0.29) is 60.6 Å². The molecule has 56 heavy (non-hydrogen) atoms. The zero-order valence-corrected chi connectivity index (χ0v) is 32.0. The molecule has 2 aromatic carbocycles. The standard InChI is InChI=1S/C41H42N8O6S/c1-22(2)30(15-37(52)49-20-28(50)14-34(49)40(53)42-17-24-8-10-25(11-9-24)38-23(3)43-21-56-38)36-16-31(47-55-36)27-18-48(19-27)41(54)33-13-26-12-32(45-46-39(26)44-33)29-6-4-5-7-35(29)51/h4-13,16,21-22,27-28,30,34,50-51H,14-15,17-20H2,1-3H3,(H,42,53)(H,44,46)/t28-,30?,34+/m1/s1. The molecule has 4 N–H and O–H groups in total. The predicted octanol–water partition coefficient (Wildman–Crippen LogP) is 5.40. The van der Waals surface area contributed by atoms with Crippen LogP contribution in [-0.2, 0) is 16.1 Å². The van der Waals surface area contributed by atoms with Gasteiger partial charge in [0, 0.05) is 67.9 Å². The molecule has 0 saturated carbocycles. The van der Waals surface area contributed by atoms with Crippen molar-refractivity contribution in [2.45, 2.75) is 64.1 Å². The van der Waals surface area contributed by atoms with Gasteiger partial charge in [0.05, 0.1) is 33.6 Å². The monoisotopic (exact) mass is 774 g/mol. The average Bonchev–Trinajstić information content (AvgIpc) is 3.99. The molecule has 3 amide bonds. The summed E-state index contributed by atoms with van der Waals surface area (Å²) in [6, 6.07) is 19.4. The Morgan fingerprint density at radius 3 is 2.55 bits per heavy atom. The molecule has 8 rings (SSSR count). The Bertz CT molecular complexity index is 2400. The van der Waals surface area contributed by atoms with E-state index in [1.807, 2.05) is 56.6 Å². The van der Waals surface area contributed by atoms with Gasteiger partial charge in [0.1, 0.15) is 23.2 Å². The number of amides is 3. The topological polar surface area (TPSA) is 191 Å². The molecular weight excluding hydrogens is 733 g/mol. The summed E-state index contributed by atoms with van der Waals surface area (Å²) >= 11 is 1.58. The second-order valence-electron chi connectivity index (χ2n) is 15.0. The number of hydrogen-bond acceptors (Lipinski definition) is 11. The lowest BCUT2D eigenvalue weighted by Gasteiger charge is -2.37. The average molecular weight is 775 g/mol. The number of benzene rings is 2. The van der Waals surface area contributed by atoms with Crippen molar-refractivity contribution in [2.75, 3.05) is 19.6 Å². The van der Waals surface area contributed by atoms with Crippen molar-refractivity contribution in [3.8, 4) is 27.4 Å². The summed E-state index contributed by atoms with van der Waals surface area (Å²) in [4.78, 5) is 52.2. The van der Waals surface area contributed by atoms with Crippen LogP contribution in [0.4, 0.5) is 0 Å². The molecule has 15 heteroatoms. The first-order valence-electron chi connectivity index (χ1n) is 18.7. The minimum atomic E-state index is -0.797. The molecule has 2 aliphatic rings. The number of rotatable bonds is 11. The van der Waals surface area contributed by atoms with E-state index in [2.05, 4.69) is 30.6 Å². The first kappa shape index (κ1) is 37.0. The Morgan fingerprint density at radius 1 is 1.04 bits per heavy atom. The fraction of sp³-hybridized carbons (Fsp3) is 0.341. The minimum absolute atomic E-state index is 0.0206. The molecule has 2 fully saturated rings. The first-order chi connectivity index (χ1) is 27.0. The molecule has 0 aliphatic carbocycles. The van der Waals surface area contributed by atoms with E-state index in [1.165, 1.54) is 4.90 Å². The van der Waals surface area contributed by atoms with Crippen molar-refractivity contribution >= 4 is 40.1 Å². The maximum Gasteiger partial charge on any atom is 0.270 e. The molecule has 288 valence electrons. The number of carbonyl (C=O) groups is 3. The van der Waals surface area contributed by atoms with E-state index in [0.29, 0.717) is 59.1 Å². The Kier molecular flexibility index (Phi) is 10.1. The van der Waals surface area contributed by atoms with Gasteiger partial charge in [-0.3, -0.25) is 14.4 Å². The number of carbonyl (C=O) groups excluding carboxylic acids is 3. The number of likely N-dealkylation sites (tertiary alicyclic amines) is 2. The van der Waals surface area contributed by atoms with Crippen LogP contribution < -0.4 is 5.32 Å². The van der Waals surface area contributed by atoms with Crippen LogP contribution in [0.2, 0.25) is 0 Å². The number of thiazole rings is 1. The van der Waals surface area contributed by atoms with E-state index in [0.717, 1.165) is 21.7 Å². The molecule has 6 heterocycles. The molecule has 4 aromatic heterocycles. The number of fused-ring (bicyclic) bond motifs is 1. The number of nitrogens with zero attached hydrogens (tertiary/aromatic N) is 6. The van der Waals surface area contributed by atoms with Crippen LogP contribution in [0.3, 0.4) is 0 Å². The summed E-state index contributed by atoms with van der Waals surface area (Å²) in [6.45, 7) is 7.25. The summed E-state index contributed by atoms with van der Waals surface area (Å²) in [5, 5.41) is 37.2. The quantitative estimate of drug-likeness (QED) is 0.133. The number of H-pyrrole nitrogens is 1. The van der Waals surface area contributed by atoms with Gasteiger partial charge in [0.15, 0.2) is 5.65 Å². The van der Waals surface area contributed by atoms with E-state index < -0.39 is 12.1 Å². The minimum Gasteiger partial charge on any atom is -0.507 e. The maximum atomic E-state index is 13.8. The number of β-amino-alcohol motifs (C(OH)–C–C–N with tert-alkyl or cyclic N) is 1. The molecule has 2 aliphatic heterocycles. The Balaban J connectivity index is 0.867. The molecule has 14 nitrogen and oxygen atoms in total. The zero-order chi connectivity index (χ0) is 39.1. The van der Waals surface area contributed by atoms with Gasteiger partial charge >= 0.3 is 0 Å². The van der Waals surface area contributed by atoms with Crippen molar-refractivity contribution in [3.63, 3.8) is 0 Å². The number of aromatic hydroxyl groups is 1. The van der Waals surface area contributed by atoms with Crippen LogP contribution in [0.25, 0.3) is 32.7 Å². The third-order valence-corrected chi connectivity index (χ3v) is 11.8. The number of aliphatic hydroxyl groups excluding tert-OH is 1. The fourth-order valence-corrected chi connectivity index (χ4v) is 8.32. The van der Waals surface area contributed by atoms with Crippen LogP contribution in [0.5, 0.6) is 5.75 Å². The first-order valence-corrected chi connectivity index (χ1v) is 19.6. The Labute approximate surface area is 326 Å². The van der Waals surface area contributed by atoms with Gasteiger partial charge in [-0.25, -0.2) is 4.98 Å². The van der Waals surface area contributed by atoms with Crippen LogP contribution in [0.1, 0.15) is 71.7 Å². The second-order valence-corrected chi connectivity index (χ2v) is 15.8. The van der Waals surface area contributed by atoms with E-state index in [4.69, 9.17) is 4.52 Å². The van der Waals surface area contributed by atoms with Crippen LogP contribution in [0, 0.1) is 12.8 Å². The third-order valence-electron chi connectivity index (χ3n) is 10.8. The van der Waals surface area contributed by atoms with Crippen molar-refractivity contribution in [1.29, 1.82) is 0 Å². The van der Waals surface area contributed by atoms with Crippen molar-refractivity contribution in [2.24, 2.45) is 5.92 Å². The number of aliphatic hydroxyl groups is 1. The number of hydrogen-bond donors (Lipinski definition) is 4. The Hall–Kier alpha value is -5.93. The van der Waals surface area contributed by atoms with Gasteiger partial charge in [-0.2, -0.15) is 0 Å². The zero-order valence-electron chi connectivity index (χ0n) is 31.2. The number of aryl methyl sites for hydroxylation is 1. The molecule has 1 unspecified atom stereocenters. The van der Waals surface area contributed by atoms with Crippen molar-refractivity contribution in [3.05, 3.63) is 101 Å². The van der Waals surface area contributed by atoms with Crippen LogP contribution in [0.15, 0.2) is 76.8 Å². The number of phenols is 1. The van der Waals surface area contributed by atoms with Gasteiger partial charge in [-0.15, -0.1) is 21.5 Å². The SMILES string of the molecule is Cc1ncsc1-c1ccc(CNC(=O)[C@@H]2C[C@@H](O)CN2C(=O)CC(c2cc(C3CN(C(=O)c4cc5cc(-c6ccccc6O)nnc5[nH]4)C3)no2)C(C)C)cc1. The summed E-state index contributed by atoms with van der Waals surface area (Å²) in [6.07, 6.45) is -0.540.